The van der Waals surface area contributed by atoms with Crippen LogP contribution in [0.15, 0.2) is 15.9 Å². The second-order valence-electron chi connectivity index (χ2n) is 2.95. The van der Waals surface area contributed by atoms with Crippen LogP contribution in [0.4, 0.5) is 0 Å². The van der Waals surface area contributed by atoms with Crippen LogP contribution in [0.3, 0.4) is 0 Å². The van der Waals surface area contributed by atoms with Crippen molar-refractivity contribution in [3.8, 4) is 0 Å². The van der Waals surface area contributed by atoms with Gasteiger partial charge in [0.1, 0.15) is 0 Å². The average molecular weight is 291 g/mol. The van der Waals surface area contributed by atoms with Gasteiger partial charge in [0, 0.05) is 17.3 Å². The van der Waals surface area contributed by atoms with Gasteiger partial charge in [-0.05, 0) is 33.8 Å². The monoisotopic (exact) mass is 290 g/mol. The zero-order chi connectivity index (χ0) is 11.3. The van der Waals surface area contributed by atoms with Crippen LogP contribution in [0.1, 0.15) is 28.9 Å². The van der Waals surface area contributed by atoms with Gasteiger partial charge in [0.05, 0.1) is 12.0 Å². The molecule has 1 rings (SSSR count). The van der Waals surface area contributed by atoms with Crippen molar-refractivity contribution in [2.75, 3.05) is 7.11 Å². The van der Waals surface area contributed by atoms with Gasteiger partial charge in [-0.2, -0.15) is 0 Å². The Morgan fingerprint density at radius 2 is 2.20 bits per heavy atom. The molecule has 1 aromatic rings. The smallest absolute Gasteiger partial charge is 0.305 e. The van der Waals surface area contributed by atoms with Gasteiger partial charge in [0.2, 0.25) is 0 Å². The molecule has 1 aromatic heterocycles. The highest BCUT2D eigenvalue weighted by molar-refractivity contribution is 9.10. The molecule has 82 valence electrons. The summed E-state index contributed by atoms with van der Waals surface area (Å²) in [6.45, 7) is 0. The first-order valence-corrected chi connectivity index (χ1v) is 6.15. The van der Waals surface area contributed by atoms with Gasteiger partial charge in [0.25, 0.3) is 0 Å². The Kier molecular flexibility index (Phi) is 4.98. The van der Waals surface area contributed by atoms with Crippen LogP contribution in [0.5, 0.6) is 0 Å². The molecule has 0 bridgehead atoms. The van der Waals surface area contributed by atoms with E-state index in [1.54, 1.807) is 0 Å². The number of ketones is 1. The average Bonchev–Trinajstić information content (AvgIpc) is 2.64. The van der Waals surface area contributed by atoms with Crippen molar-refractivity contribution in [2.45, 2.75) is 19.3 Å². The highest BCUT2D eigenvalue weighted by atomic mass is 79.9. The molecule has 0 N–H and O–H groups in total. The summed E-state index contributed by atoms with van der Waals surface area (Å²) in [7, 11) is 1.35. The molecule has 0 amide bonds. The third kappa shape index (κ3) is 3.76. The van der Waals surface area contributed by atoms with Gasteiger partial charge in [-0.1, -0.05) is 0 Å². The predicted octanol–water partition coefficient (Wildman–Crippen LogP) is 3.04. The molecule has 0 unspecified atom stereocenters. The molecular formula is C10H11BrO3S. The van der Waals surface area contributed by atoms with E-state index in [0.717, 1.165) is 9.35 Å². The molecule has 0 saturated carbocycles. The number of carbonyl (C=O) groups is 2. The topological polar surface area (TPSA) is 43.4 Å². The molecule has 15 heavy (non-hydrogen) atoms. The zero-order valence-electron chi connectivity index (χ0n) is 8.29. The Balaban J connectivity index is 2.38. The summed E-state index contributed by atoms with van der Waals surface area (Å²) >= 11 is 4.71. The van der Waals surface area contributed by atoms with E-state index in [2.05, 4.69) is 20.7 Å². The molecule has 0 atom stereocenters. The summed E-state index contributed by atoms with van der Waals surface area (Å²) in [6.07, 6.45) is 1.22. The normalized spacial score (nSPS) is 10.0. The Morgan fingerprint density at radius 1 is 1.47 bits per heavy atom. The van der Waals surface area contributed by atoms with Crippen molar-refractivity contribution in [3.63, 3.8) is 0 Å². The molecule has 0 saturated heterocycles. The fraction of sp³-hybridized carbons (Fsp3) is 0.400. The second kappa shape index (κ2) is 6.02. The van der Waals surface area contributed by atoms with Crippen LogP contribution in [0.2, 0.25) is 0 Å². The summed E-state index contributed by atoms with van der Waals surface area (Å²) in [5.74, 6) is -0.200. The minimum Gasteiger partial charge on any atom is -0.469 e. The lowest BCUT2D eigenvalue weighted by Gasteiger charge is -1.99. The van der Waals surface area contributed by atoms with E-state index >= 15 is 0 Å². The van der Waals surface area contributed by atoms with Crippen molar-refractivity contribution in [2.24, 2.45) is 0 Å². The van der Waals surface area contributed by atoms with Crippen LogP contribution in [0, 0.1) is 0 Å². The van der Waals surface area contributed by atoms with Crippen molar-refractivity contribution in [1.29, 1.82) is 0 Å². The molecule has 0 spiro atoms. The van der Waals surface area contributed by atoms with Gasteiger partial charge in [-0.25, -0.2) is 0 Å². The fourth-order valence-electron chi connectivity index (χ4n) is 1.10. The standard InChI is InChI=1S/C10H11BrO3S/c1-14-9(13)4-2-3-8(12)10-7(11)5-6-15-10/h5-6H,2-4H2,1H3. The number of Topliss-reactive ketones (excluding diaryl/α,β-unsaturated/α-hetero) is 1. The van der Waals surface area contributed by atoms with E-state index in [0.29, 0.717) is 19.3 Å². The van der Waals surface area contributed by atoms with Crippen LogP contribution in [-0.2, 0) is 9.53 Å². The number of carbonyl (C=O) groups excluding carboxylic acids is 2. The minimum atomic E-state index is -0.270. The van der Waals surface area contributed by atoms with Gasteiger partial charge in [-0.3, -0.25) is 9.59 Å². The third-order valence-electron chi connectivity index (χ3n) is 1.88. The quantitative estimate of drug-likeness (QED) is 0.618. The van der Waals surface area contributed by atoms with Crippen molar-refractivity contribution in [3.05, 3.63) is 20.8 Å². The van der Waals surface area contributed by atoms with Crippen LogP contribution in [-0.4, -0.2) is 18.9 Å². The first-order chi connectivity index (χ1) is 7.15. The summed E-state index contributed by atoms with van der Waals surface area (Å²) in [4.78, 5) is 23.2. The molecule has 1 heterocycles. The molecule has 5 heteroatoms. The maximum Gasteiger partial charge on any atom is 0.305 e. The van der Waals surface area contributed by atoms with Crippen LogP contribution in [0.25, 0.3) is 0 Å². The number of hydrogen-bond acceptors (Lipinski definition) is 4. The van der Waals surface area contributed by atoms with E-state index < -0.39 is 0 Å². The minimum absolute atomic E-state index is 0.0702. The Labute approximate surface area is 101 Å². The molecule has 0 fully saturated rings. The van der Waals surface area contributed by atoms with Crippen molar-refractivity contribution >= 4 is 39.0 Å². The number of rotatable bonds is 5. The summed E-state index contributed by atoms with van der Waals surface area (Å²) < 4.78 is 5.32. The molecule has 0 aliphatic carbocycles. The summed E-state index contributed by atoms with van der Waals surface area (Å²) in [6, 6.07) is 1.85. The van der Waals surface area contributed by atoms with E-state index in [1.807, 2.05) is 11.4 Å². The fourth-order valence-corrected chi connectivity index (χ4v) is 2.66. The number of ether oxygens (including phenoxy) is 1. The number of halogens is 1. The number of esters is 1. The largest absolute Gasteiger partial charge is 0.469 e. The Morgan fingerprint density at radius 3 is 2.73 bits per heavy atom. The van der Waals surface area contributed by atoms with E-state index in [1.165, 1.54) is 18.4 Å². The number of thiophene rings is 1. The Hall–Kier alpha value is -0.680. The van der Waals surface area contributed by atoms with E-state index in [9.17, 15) is 9.59 Å². The van der Waals surface area contributed by atoms with Crippen LogP contribution < -0.4 is 0 Å². The predicted molar refractivity (Wildman–Crippen MR) is 62.2 cm³/mol. The maximum absolute atomic E-state index is 11.6. The Bertz CT molecular complexity index is 359. The van der Waals surface area contributed by atoms with Crippen molar-refractivity contribution < 1.29 is 14.3 Å². The highest BCUT2D eigenvalue weighted by Gasteiger charge is 2.11. The lowest BCUT2D eigenvalue weighted by Crippen LogP contribution is -2.02. The first-order valence-electron chi connectivity index (χ1n) is 4.48. The van der Waals surface area contributed by atoms with Gasteiger partial charge in [0.15, 0.2) is 5.78 Å². The van der Waals surface area contributed by atoms with E-state index in [-0.39, 0.29) is 11.8 Å². The maximum atomic E-state index is 11.6. The van der Waals surface area contributed by atoms with Crippen LogP contribution >= 0.6 is 27.3 Å². The molecule has 0 radical (unpaired) electrons. The molecule has 0 aliphatic heterocycles. The molecule has 3 nitrogen and oxygen atoms in total. The lowest BCUT2D eigenvalue weighted by atomic mass is 10.1. The summed E-state index contributed by atoms with van der Waals surface area (Å²) in [5, 5.41) is 1.86. The zero-order valence-corrected chi connectivity index (χ0v) is 10.7. The van der Waals surface area contributed by atoms with Gasteiger partial charge < -0.3 is 4.74 Å². The SMILES string of the molecule is COC(=O)CCCC(=O)c1sccc1Br. The number of methoxy groups -OCH3 is 1. The van der Waals surface area contributed by atoms with Crippen molar-refractivity contribution in [1.82, 2.24) is 0 Å². The molecular weight excluding hydrogens is 280 g/mol. The van der Waals surface area contributed by atoms with E-state index in [4.69, 9.17) is 0 Å². The highest BCUT2D eigenvalue weighted by Crippen LogP contribution is 2.24. The van der Waals surface area contributed by atoms with Gasteiger partial charge >= 0.3 is 5.97 Å². The second-order valence-corrected chi connectivity index (χ2v) is 4.72. The summed E-state index contributed by atoms with van der Waals surface area (Å²) in [5.41, 5.74) is 0. The third-order valence-corrected chi connectivity index (χ3v) is 3.76. The van der Waals surface area contributed by atoms with Gasteiger partial charge in [-0.15, -0.1) is 11.3 Å². The first kappa shape index (κ1) is 12.4. The number of hydrogen-bond donors (Lipinski definition) is 0. The lowest BCUT2D eigenvalue weighted by molar-refractivity contribution is -0.140. The molecule has 0 aliphatic rings. The molecule has 0 aromatic carbocycles.